The number of nitrogens with zero attached hydrogens (tertiary/aromatic N) is 6. The Hall–Kier alpha value is -1.88. The van der Waals surface area contributed by atoms with Crippen LogP contribution in [-0.2, 0) is 11.3 Å². The van der Waals surface area contributed by atoms with E-state index in [0.29, 0.717) is 0 Å². The number of hydrogen-bond acceptors (Lipinski definition) is 4. The number of ketones is 1. The second-order valence-corrected chi connectivity index (χ2v) is 2.11. The molecule has 1 aromatic heterocycles. The first-order valence-electron chi connectivity index (χ1n) is 3.16. The van der Waals surface area contributed by atoms with Gasteiger partial charge in [0.2, 0.25) is 5.95 Å². The summed E-state index contributed by atoms with van der Waals surface area (Å²) in [6.07, 6.45) is 1.23. The quantitative estimate of drug-likeness (QED) is 0.377. The fraction of sp³-hybridized carbons (Fsp3) is 0.400. The fourth-order valence-electron chi connectivity index (χ4n) is 0.698. The molecule has 0 atom stereocenters. The van der Waals surface area contributed by atoms with Crippen LogP contribution in [0.3, 0.4) is 0 Å². The van der Waals surface area contributed by atoms with E-state index in [4.69, 9.17) is 5.53 Å². The lowest BCUT2D eigenvalue weighted by atomic mass is 10.4. The number of carbonyl (C=O) groups is 1. The summed E-state index contributed by atoms with van der Waals surface area (Å²) in [7, 11) is 0. The standard InChI is InChI=1S/C5H6N6O/c1-4(12)2-11-5(9-10-6)7-3-8-11/h3H,2H2,1H3. The third-order valence-corrected chi connectivity index (χ3v) is 1.10. The van der Waals surface area contributed by atoms with Crippen LogP contribution in [0, 0.1) is 0 Å². The number of aromatic nitrogens is 3. The average Bonchev–Trinajstić information content (AvgIpc) is 2.37. The molecule has 0 amide bonds. The van der Waals surface area contributed by atoms with Crippen molar-refractivity contribution >= 4 is 11.7 Å². The Morgan fingerprint density at radius 2 is 2.67 bits per heavy atom. The summed E-state index contributed by atoms with van der Waals surface area (Å²) in [5.74, 6) is 0.0302. The minimum atomic E-state index is -0.0742. The Morgan fingerprint density at radius 1 is 1.92 bits per heavy atom. The zero-order chi connectivity index (χ0) is 8.97. The minimum absolute atomic E-state index is 0.0742. The molecule has 0 saturated carbocycles. The van der Waals surface area contributed by atoms with Crippen LogP contribution >= 0.6 is 0 Å². The molecule has 0 aliphatic heterocycles. The smallest absolute Gasteiger partial charge is 0.215 e. The van der Waals surface area contributed by atoms with Crippen molar-refractivity contribution in [2.75, 3.05) is 0 Å². The van der Waals surface area contributed by atoms with Gasteiger partial charge in [0.15, 0.2) is 5.78 Å². The van der Waals surface area contributed by atoms with Crippen LogP contribution in [0.5, 0.6) is 0 Å². The topological polar surface area (TPSA) is 96.5 Å². The first-order valence-corrected chi connectivity index (χ1v) is 3.16. The monoisotopic (exact) mass is 166 g/mol. The molecule has 0 aliphatic carbocycles. The van der Waals surface area contributed by atoms with Gasteiger partial charge in [0.05, 0.1) is 0 Å². The highest BCUT2D eigenvalue weighted by molar-refractivity contribution is 5.75. The van der Waals surface area contributed by atoms with Gasteiger partial charge in [-0.3, -0.25) is 4.79 Å². The van der Waals surface area contributed by atoms with Crippen LogP contribution in [0.4, 0.5) is 5.95 Å². The average molecular weight is 166 g/mol. The molecule has 0 aromatic carbocycles. The highest BCUT2D eigenvalue weighted by atomic mass is 16.1. The first-order chi connectivity index (χ1) is 5.74. The summed E-state index contributed by atoms with van der Waals surface area (Å²) < 4.78 is 1.24. The van der Waals surface area contributed by atoms with Gasteiger partial charge in [-0.25, -0.2) is 9.67 Å². The molecule has 0 aliphatic rings. The van der Waals surface area contributed by atoms with Gasteiger partial charge in [-0.1, -0.05) is 0 Å². The third kappa shape index (κ3) is 1.80. The van der Waals surface area contributed by atoms with Crippen molar-refractivity contribution in [2.24, 2.45) is 5.11 Å². The molecule has 0 bridgehead atoms. The van der Waals surface area contributed by atoms with E-state index in [1.54, 1.807) is 0 Å². The van der Waals surface area contributed by atoms with E-state index < -0.39 is 0 Å². The molecule has 0 spiro atoms. The third-order valence-electron chi connectivity index (χ3n) is 1.10. The van der Waals surface area contributed by atoms with Crippen molar-refractivity contribution in [2.45, 2.75) is 13.5 Å². The second kappa shape index (κ2) is 3.49. The highest BCUT2D eigenvalue weighted by Crippen LogP contribution is 2.05. The van der Waals surface area contributed by atoms with Crippen molar-refractivity contribution in [3.63, 3.8) is 0 Å². The van der Waals surface area contributed by atoms with E-state index in [2.05, 4.69) is 20.1 Å². The summed E-state index contributed by atoms with van der Waals surface area (Å²) in [6, 6.07) is 0. The summed E-state index contributed by atoms with van der Waals surface area (Å²) in [5, 5.41) is 6.93. The van der Waals surface area contributed by atoms with E-state index in [1.807, 2.05) is 0 Å². The van der Waals surface area contributed by atoms with Gasteiger partial charge in [-0.15, -0.1) is 0 Å². The number of Topliss-reactive ketones (excluding diaryl/α,β-unsaturated/α-hetero) is 1. The van der Waals surface area contributed by atoms with Crippen molar-refractivity contribution in [1.29, 1.82) is 0 Å². The van der Waals surface area contributed by atoms with Crippen molar-refractivity contribution in [3.8, 4) is 0 Å². The molecule has 1 heterocycles. The summed E-state index contributed by atoms with van der Waals surface area (Å²) in [4.78, 5) is 16.8. The van der Waals surface area contributed by atoms with Gasteiger partial charge in [0.1, 0.15) is 12.9 Å². The predicted octanol–water partition coefficient (Wildman–Crippen LogP) is 0.809. The molecule has 7 nitrogen and oxygen atoms in total. The molecule has 0 unspecified atom stereocenters. The van der Waals surface area contributed by atoms with Crippen LogP contribution in [0.2, 0.25) is 0 Å². The maximum Gasteiger partial charge on any atom is 0.215 e. The minimum Gasteiger partial charge on any atom is -0.298 e. The Labute approximate surface area is 67.6 Å². The maximum atomic E-state index is 10.6. The zero-order valence-corrected chi connectivity index (χ0v) is 6.38. The number of hydrogen-bond donors (Lipinski definition) is 0. The fourth-order valence-corrected chi connectivity index (χ4v) is 0.698. The van der Waals surface area contributed by atoms with Crippen LogP contribution in [0.25, 0.3) is 10.4 Å². The molecule has 0 radical (unpaired) electrons. The van der Waals surface area contributed by atoms with Gasteiger partial charge in [0.25, 0.3) is 0 Å². The van der Waals surface area contributed by atoms with Crippen LogP contribution in [0.1, 0.15) is 6.92 Å². The van der Waals surface area contributed by atoms with E-state index >= 15 is 0 Å². The predicted molar refractivity (Wildman–Crippen MR) is 39.5 cm³/mol. The van der Waals surface area contributed by atoms with Crippen LogP contribution in [-0.4, -0.2) is 20.5 Å². The van der Waals surface area contributed by atoms with E-state index in [1.165, 1.54) is 17.9 Å². The molecule has 7 heteroatoms. The second-order valence-electron chi connectivity index (χ2n) is 2.11. The largest absolute Gasteiger partial charge is 0.298 e. The number of carbonyl (C=O) groups excluding carboxylic acids is 1. The maximum absolute atomic E-state index is 10.6. The number of rotatable bonds is 3. The first kappa shape index (κ1) is 8.22. The summed E-state index contributed by atoms with van der Waals surface area (Å²) in [5.41, 5.74) is 8.09. The Balaban J connectivity index is 2.91. The van der Waals surface area contributed by atoms with Crippen molar-refractivity contribution < 1.29 is 4.79 Å². The normalized spacial score (nSPS) is 9.08. The van der Waals surface area contributed by atoms with Crippen molar-refractivity contribution in [1.82, 2.24) is 14.8 Å². The van der Waals surface area contributed by atoms with E-state index in [-0.39, 0.29) is 18.3 Å². The summed E-state index contributed by atoms with van der Waals surface area (Å²) in [6.45, 7) is 1.50. The lowest BCUT2D eigenvalue weighted by Crippen LogP contribution is -2.06. The lowest BCUT2D eigenvalue weighted by Gasteiger charge is -1.96. The Kier molecular flexibility index (Phi) is 2.39. The highest BCUT2D eigenvalue weighted by Gasteiger charge is 2.02. The van der Waals surface area contributed by atoms with E-state index in [0.717, 1.165) is 0 Å². The Morgan fingerprint density at radius 3 is 3.25 bits per heavy atom. The SMILES string of the molecule is CC(=O)Cn1ncnc1N=[N+]=[N-]. The van der Waals surface area contributed by atoms with Gasteiger partial charge in [-0.2, -0.15) is 5.10 Å². The van der Waals surface area contributed by atoms with Crippen LogP contribution < -0.4 is 0 Å². The van der Waals surface area contributed by atoms with Gasteiger partial charge >= 0.3 is 0 Å². The molecule has 0 fully saturated rings. The molecule has 0 N–H and O–H groups in total. The van der Waals surface area contributed by atoms with Gasteiger partial charge < -0.3 is 0 Å². The molecular weight excluding hydrogens is 160 g/mol. The van der Waals surface area contributed by atoms with Gasteiger partial charge in [0, 0.05) is 4.91 Å². The van der Waals surface area contributed by atoms with Crippen LogP contribution in [0.15, 0.2) is 11.4 Å². The molecule has 12 heavy (non-hydrogen) atoms. The van der Waals surface area contributed by atoms with Crippen molar-refractivity contribution in [3.05, 3.63) is 16.8 Å². The Bertz CT molecular complexity index is 335. The summed E-state index contributed by atoms with van der Waals surface area (Å²) >= 11 is 0. The molecule has 62 valence electrons. The zero-order valence-electron chi connectivity index (χ0n) is 6.38. The molecule has 1 aromatic rings. The molecule has 0 saturated heterocycles. The van der Waals surface area contributed by atoms with Gasteiger partial charge in [-0.05, 0) is 17.6 Å². The lowest BCUT2D eigenvalue weighted by molar-refractivity contribution is -0.117. The van der Waals surface area contributed by atoms with E-state index in [9.17, 15) is 4.79 Å². The number of azide groups is 1. The molecular formula is C5H6N6O. The molecule has 1 rings (SSSR count).